The number of H-pyrrole nitrogens is 1. The molecular weight excluding hydrogens is 258 g/mol. The van der Waals surface area contributed by atoms with Crippen molar-refractivity contribution in [1.29, 1.82) is 0 Å². The fraction of sp³-hybridized carbons (Fsp3) is 0.154. The number of rotatable bonds is 2. The Labute approximate surface area is 114 Å². The summed E-state index contributed by atoms with van der Waals surface area (Å²) in [5, 5.41) is 9.06. The number of amides is 2. The van der Waals surface area contributed by atoms with Crippen LogP contribution in [0.1, 0.15) is 0 Å². The van der Waals surface area contributed by atoms with E-state index in [9.17, 15) is 9.59 Å². The number of piperazine rings is 1. The third kappa shape index (κ3) is 2.09. The van der Waals surface area contributed by atoms with Crippen LogP contribution in [-0.4, -0.2) is 35.1 Å². The van der Waals surface area contributed by atoms with Crippen LogP contribution in [0.2, 0.25) is 0 Å². The molecule has 2 heterocycles. The lowest BCUT2D eigenvalue weighted by Crippen LogP contribution is -2.51. The number of nitrogens with zero attached hydrogens (tertiary/aromatic N) is 2. The highest BCUT2D eigenvalue weighted by molar-refractivity contribution is 6.04. The third-order valence-corrected chi connectivity index (χ3v) is 3.18. The number of aromatic nitrogens is 2. The number of hydrogen-bond acceptors (Lipinski definition) is 4. The Bertz CT molecular complexity index is 679. The first-order valence-electron chi connectivity index (χ1n) is 6.11. The number of nitrogens with one attached hydrogen (secondary N) is 2. The fourth-order valence-electron chi connectivity index (χ4n) is 2.16. The largest absolute Gasteiger partial charge is 0.384 e. The molecule has 2 aromatic rings. The fourth-order valence-corrected chi connectivity index (χ4v) is 2.16. The summed E-state index contributed by atoms with van der Waals surface area (Å²) in [5.41, 5.74) is 8.06. The smallest absolute Gasteiger partial charge is 0.246 e. The minimum Gasteiger partial charge on any atom is -0.384 e. The first-order chi connectivity index (χ1) is 9.65. The van der Waals surface area contributed by atoms with Gasteiger partial charge in [0, 0.05) is 11.3 Å². The molecule has 0 spiro atoms. The zero-order valence-electron chi connectivity index (χ0n) is 10.6. The summed E-state index contributed by atoms with van der Waals surface area (Å²) in [5.74, 6) is 0.157. The van der Waals surface area contributed by atoms with E-state index in [4.69, 9.17) is 5.73 Å². The number of benzene rings is 1. The predicted molar refractivity (Wildman–Crippen MR) is 73.8 cm³/mol. The van der Waals surface area contributed by atoms with E-state index in [-0.39, 0.29) is 24.9 Å². The number of nitrogen functional groups attached to an aromatic ring is 1. The molecule has 7 nitrogen and oxygen atoms in total. The van der Waals surface area contributed by atoms with Crippen molar-refractivity contribution in [2.24, 2.45) is 0 Å². The van der Waals surface area contributed by atoms with Gasteiger partial charge in [-0.05, 0) is 17.7 Å². The molecule has 0 atom stereocenters. The molecular formula is C13H13N5O2. The summed E-state index contributed by atoms with van der Waals surface area (Å²) in [7, 11) is 0. The van der Waals surface area contributed by atoms with E-state index < -0.39 is 0 Å². The van der Waals surface area contributed by atoms with Crippen molar-refractivity contribution < 1.29 is 9.59 Å². The normalized spacial score (nSPS) is 15.3. The van der Waals surface area contributed by atoms with Crippen molar-refractivity contribution >= 4 is 23.3 Å². The maximum Gasteiger partial charge on any atom is 0.246 e. The summed E-state index contributed by atoms with van der Waals surface area (Å²) in [4.78, 5) is 24.8. The number of carbonyl (C=O) groups excluding carboxylic acids is 2. The quantitative estimate of drug-likeness (QED) is 0.721. The molecule has 3 rings (SSSR count). The summed E-state index contributed by atoms with van der Waals surface area (Å²) >= 11 is 0. The van der Waals surface area contributed by atoms with E-state index in [0.717, 1.165) is 11.1 Å². The van der Waals surface area contributed by atoms with Crippen LogP contribution in [0.25, 0.3) is 11.1 Å². The molecule has 0 saturated carbocycles. The van der Waals surface area contributed by atoms with Gasteiger partial charge in [-0.2, -0.15) is 5.10 Å². The highest BCUT2D eigenvalue weighted by Gasteiger charge is 2.24. The highest BCUT2D eigenvalue weighted by Crippen LogP contribution is 2.27. The standard InChI is InChI=1S/C13H13N5O2/c14-13-10(5-16-17-13)8-2-1-3-9(4-8)18-7-11(19)15-6-12(18)20/h1-5H,6-7H2,(H,15,19)(H3,14,16,17). The van der Waals surface area contributed by atoms with Crippen molar-refractivity contribution in [2.45, 2.75) is 0 Å². The molecule has 1 saturated heterocycles. The molecule has 7 heteroatoms. The van der Waals surface area contributed by atoms with Crippen LogP contribution in [0.3, 0.4) is 0 Å². The summed E-state index contributed by atoms with van der Waals surface area (Å²) < 4.78 is 0. The molecule has 0 unspecified atom stereocenters. The Morgan fingerprint density at radius 1 is 1.30 bits per heavy atom. The second-order valence-electron chi connectivity index (χ2n) is 4.50. The average Bonchev–Trinajstić information content (AvgIpc) is 2.88. The molecule has 1 aliphatic rings. The maximum atomic E-state index is 11.9. The second-order valence-corrected chi connectivity index (χ2v) is 4.50. The van der Waals surface area contributed by atoms with Crippen LogP contribution in [-0.2, 0) is 9.59 Å². The lowest BCUT2D eigenvalue weighted by molar-refractivity contribution is -0.128. The minimum atomic E-state index is -0.169. The van der Waals surface area contributed by atoms with Gasteiger partial charge in [0.05, 0.1) is 12.7 Å². The Morgan fingerprint density at radius 3 is 2.90 bits per heavy atom. The Morgan fingerprint density at radius 2 is 2.15 bits per heavy atom. The number of hydrogen-bond donors (Lipinski definition) is 3. The van der Waals surface area contributed by atoms with Gasteiger partial charge in [0.25, 0.3) is 0 Å². The van der Waals surface area contributed by atoms with Crippen molar-refractivity contribution in [3.05, 3.63) is 30.5 Å². The van der Waals surface area contributed by atoms with Crippen LogP contribution in [0.4, 0.5) is 11.5 Å². The molecule has 0 radical (unpaired) electrons. The van der Waals surface area contributed by atoms with Crippen LogP contribution >= 0.6 is 0 Å². The first-order valence-corrected chi connectivity index (χ1v) is 6.11. The average molecular weight is 271 g/mol. The molecule has 4 N–H and O–H groups in total. The molecule has 1 aliphatic heterocycles. The predicted octanol–water partition coefficient (Wildman–Crippen LogP) is 0.122. The van der Waals surface area contributed by atoms with Gasteiger partial charge in [0.15, 0.2) is 0 Å². The van der Waals surface area contributed by atoms with E-state index in [1.54, 1.807) is 12.3 Å². The van der Waals surface area contributed by atoms with Gasteiger partial charge in [-0.1, -0.05) is 12.1 Å². The molecule has 0 aliphatic carbocycles. The molecule has 1 aromatic carbocycles. The van der Waals surface area contributed by atoms with Crippen molar-refractivity contribution in [2.75, 3.05) is 23.7 Å². The van der Waals surface area contributed by atoms with Crippen LogP contribution in [0.15, 0.2) is 30.5 Å². The van der Waals surface area contributed by atoms with Gasteiger partial charge in [-0.25, -0.2) is 0 Å². The molecule has 1 fully saturated rings. The van der Waals surface area contributed by atoms with Crippen LogP contribution in [0.5, 0.6) is 0 Å². The Balaban J connectivity index is 1.97. The highest BCUT2D eigenvalue weighted by atomic mass is 16.2. The molecule has 0 bridgehead atoms. The number of nitrogens with two attached hydrogens (primary N) is 1. The van der Waals surface area contributed by atoms with Crippen molar-refractivity contribution in [1.82, 2.24) is 15.5 Å². The van der Waals surface area contributed by atoms with E-state index in [1.165, 1.54) is 4.90 Å². The Kier molecular flexibility index (Phi) is 2.86. The zero-order valence-corrected chi connectivity index (χ0v) is 10.6. The molecule has 2 amide bonds. The van der Waals surface area contributed by atoms with Crippen molar-refractivity contribution in [3.63, 3.8) is 0 Å². The minimum absolute atomic E-state index is 0.0247. The van der Waals surface area contributed by atoms with E-state index in [2.05, 4.69) is 15.5 Å². The second kappa shape index (κ2) is 4.69. The van der Waals surface area contributed by atoms with Crippen LogP contribution in [0, 0.1) is 0 Å². The topological polar surface area (TPSA) is 104 Å². The van der Waals surface area contributed by atoms with Crippen molar-refractivity contribution in [3.8, 4) is 11.1 Å². The summed E-state index contributed by atoms with van der Waals surface area (Å²) in [6.45, 7) is 0.0556. The monoisotopic (exact) mass is 271 g/mol. The van der Waals surface area contributed by atoms with Gasteiger partial charge in [0.1, 0.15) is 12.4 Å². The van der Waals surface area contributed by atoms with E-state index >= 15 is 0 Å². The molecule has 1 aromatic heterocycles. The molecule has 102 valence electrons. The number of aromatic amines is 1. The number of anilines is 2. The molecule has 20 heavy (non-hydrogen) atoms. The lowest BCUT2D eigenvalue weighted by atomic mass is 10.1. The SMILES string of the molecule is Nc1[nH]ncc1-c1cccc(N2CC(=O)NCC2=O)c1. The summed E-state index contributed by atoms with van der Waals surface area (Å²) in [6.07, 6.45) is 1.62. The Hall–Kier alpha value is -2.83. The van der Waals surface area contributed by atoms with Gasteiger partial charge < -0.3 is 16.0 Å². The number of carbonyl (C=O) groups is 2. The van der Waals surface area contributed by atoms with Gasteiger partial charge in [-0.15, -0.1) is 0 Å². The van der Waals surface area contributed by atoms with E-state index in [1.807, 2.05) is 18.2 Å². The zero-order chi connectivity index (χ0) is 14.1. The summed E-state index contributed by atoms with van der Waals surface area (Å²) in [6, 6.07) is 7.30. The first kappa shape index (κ1) is 12.2. The lowest BCUT2D eigenvalue weighted by Gasteiger charge is -2.26. The van der Waals surface area contributed by atoms with Gasteiger partial charge >= 0.3 is 0 Å². The third-order valence-electron chi connectivity index (χ3n) is 3.18. The van der Waals surface area contributed by atoms with Gasteiger partial charge in [0.2, 0.25) is 11.8 Å². The van der Waals surface area contributed by atoms with E-state index in [0.29, 0.717) is 11.5 Å². The maximum absolute atomic E-state index is 11.9. The van der Waals surface area contributed by atoms with Crippen LogP contribution < -0.4 is 16.0 Å². The van der Waals surface area contributed by atoms with Gasteiger partial charge in [-0.3, -0.25) is 14.7 Å².